The Bertz CT molecular complexity index is 2020. The summed E-state index contributed by atoms with van der Waals surface area (Å²) in [6, 6.07) is 70.5. The lowest BCUT2D eigenvalue weighted by molar-refractivity contribution is 0.922. The number of benzene rings is 7. The van der Waals surface area contributed by atoms with Gasteiger partial charge in [0.15, 0.2) is 0 Å². The predicted octanol–water partition coefficient (Wildman–Crippen LogP) is 14.8. The lowest BCUT2D eigenvalue weighted by Gasteiger charge is -2.09. The first-order valence-electron chi connectivity index (χ1n) is 18.7. The molecule has 0 atom stereocenters. The van der Waals surface area contributed by atoms with Crippen molar-refractivity contribution in [3.05, 3.63) is 252 Å². The summed E-state index contributed by atoms with van der Waals surface area (Å²) in [5.41, 5.74) is 13.8. The molecule has 0 aromatic heterocycles. The van der Waals surface area contributed by atoms with Gasteiger partial charge in [-0.3, -0.25) is 0 Å². The molecular formula is C53H50. The quantitative estimate of drug-likeness (QED) is 0.0992. The lowest BCUT2D eigenvalue weighted by atomic mass is 9.95. The second kappa shape index (κ2) is 21.2. The molecule has 0 unspecified atom stereocenters. The number of allylic oxidation sites excluding steroid dienone is 1. The molecule has 0 aliphatic rings. The molecule has 0 aliphatic heterocycles. The molecule has 262 valence electrons. The van der Waals surface area contributed by atoms with E-state index in [0.717, 1.165) is 12.8 Å². The summed E-state index contributed by atoms with van der Waals surface area (Å²) in [6.45, 7) is 7.76. The molecule has 0 radical (unpaired) electrons. The number of hydrogen-bond acceptors (Lipinski definition) is 0. The molecule has 0 heterocycles. The van der Waals surface area contributed by atoms with Crippen LogP contribution >= 0.6 is 0 Å². The maximum atomic E-state index is 3.48. The van der Waals surface area contributed by atoms with Crippen molar-refractivity contribution in [3.8, 4) is 11.1 Å². The maximum absolute atomic E-state index is 3.48. The number of hydrogen-bond donors (Lipinski definition) is 0. The van der Waals surface area contributed by atoms with Crippen LogP contribution in [0.2, 0.25) is 0 Å². The van der Waals surface area contributed by atoms with Crippen LogP contribution in [0.1, 0.15) is 65.6 Å². The summed E-state index contributed by atoms with van der Waals surface area (Å²) in [5.74, 6) is 0. The molecule has 0 saturated carbocycles. The Morgan fingerprint density at radius 1 is 0.396 bits per heavy atom. The Balaban J connectivity index is 0.000000187. The summed E-state index contributed by atoms with van der Waals surface area (Å²) in [7, 11) is 0. The highest BCUT2D eigenvalue weighted by molar-refractivity contribution is 5.92. The summed E-state index contributed by atoms with van der Waals surface area (Å²) in [6.07, 6.45) is 9.84. The van der Waals surface area contributed by atoms with Crippen LogP contribution in [0.25, 0.3) is 34.4 Å². The average molecular weight is 687 g/mol. The summed E-state index contributed by atoms with van der Waals surface area (Å²) < 4.78 is 0. The fourth-order valence-electron chi connectivity index (χ4n) is 5.94. The van der Waals surface area contributed by atoms with E-state index in [1.807, 2.05) is 12.1 Å². The summed E-state index contributed by atoms with van der Waals surface area (Å²) in [5, 5.41) is 0. The molecule has 0 saturated heterocycles. The molecule has 0 spiro atoms. The monoisotopic (exact) mass is 686 g/mol. The molecule has 7 rings (SSSR count). The topological polar surface area (TPSA) is 0 Å². The third kappa shape index (κ3) is 11.9. The van der Waals surface area contributed by atoms with Gasteiger partial charge in [0.2, 0.25) is 0 Å². The van der Waals surface area contributed by atoms with Gasteiger partial charge in [0.1, 0.15) is 0 Å². The Hall–Kier alpha value is -6.24. The second-order valence-corrected chi connectivity index (χ2v) is 12.8. The zero-order chi connectivity index (χ0) is 36.9. The average Bonchev–Trinajstić information content (AvgIpc) is 3.25. The predicted molar refractivity (Wildman–Crippen MR) is 233 cm³/mol. The molecular weight excluding hydrogens is 637 g/mol. The maximum Gasteiger partial charge on any atom is -0.0105 e. The van der Waals surface area contributed by atoms with E-state index in [1.165, 1.54) is 67.6 Å². The highest BCUT2D eigenvalue weighted by atomic mass is 14.1. The van der Waals surface area contributed by atoms with Crippen molar-refractivity contribution in [2.24, 2.45) is 0 Å². The molecule has 7 aromatic rings. The van der Waals surface area contributed by atoms with Gasteiger partial charge in [0, 0.05) is 0 Å². The van der Waals surface area contributed by atoms with Gasteiger partial charge in [-0.2, -0.15) is 0 Å². The normalized spacial score (nSPS) is 10.0. The Labute approximate surface area is 318 Å². The number of aryl methyl sites for hydroxylation is 1. The zero-order valence-corrected chi connectivity index (χ0v) is 31.1. The summed E-state index contributed by atoms with van der Waals surface area (Å²) >= 11 is 0. The van der Waals surface area contributed by atoms with Crippen molar-refractivity contribution in [1.82, 2.24) is 0 Å². The van der Waals surface area contributed by atoms with Crippen LogP contribution in [0.15, 0.2) is 213 Å². The second-order valence-electron chi connectivity index (χ2n) is 12.8. The van der Waals surface area contributed by atoms with E-state index in [-0.39, 0.29) is 0 Å². The van der Waals surface area contributed by atoms with Gasteiger partial charge in [0.25, 0.3) is 0 Å². The molecule has 7 aromatic carbocycles. The minimum absolute atomic E-state index is 1.08. The van der Waals surface area contributed by atoms with E-state index >= 15 is 0 Å². The molecule has 0 heteroatoms. The van der Waals surface area contributed by atoms with E-state index in [4.69, 9.17) is 0 Å². The fourth-order valence-corrected chi connectivity index (χ4v) is 5.94. The van der Waals surface area contributed by atoms with Crippen LogP contribution in [0.5, 0.6) is 0 Å². The van der Waals surface area contributed by atoms with Crippen LogP contribution in [-0.2, 0) is 6.42 Å². The lowest BCUT2D eigenvalue weighted by Crippen LogP contribution is -1.88. The Morgan fingerprint density at radius 3 is 1.02 bits per heavy atom. The van der Waals surface area contributed by atoms with E-state index in [2.05, 4.69) is 227 Å². The van der Waals surface area contributed by atoms with Gasteiger partial charge in [-0.05, 0) is 86.2 Å². The molecule has 0 fully saturated rings. The van der Waals surface area contributed by atoms with Gasteiger partial charge in [-0.25, -0.2) is 0 Å². The molecule has 0 aliphatic carbocycles. The zero-order valence-electron chi connectivity index (χ0n) is 31.1. The van der Waals surface area contributed by atoms with Crippen LogP contribution in [0.4, 0.5) is 0 Å². The smallest absolute Gasteiger partial charge is 0.0105 e. The van der Waals surface area contributed by atoms with Crippen molar-refractivity contribution >= 4 is 23.3 Å². The van der Waals surface area contributed by atoms with Crippen molar-refractivity contribution in [1.29, 1.82) is 0 Å². The molecule has 53 heavy (non-hydrogen) atoms. The molecule has 0 bridgehead atoms. The minimum Gasteiger partial charge on any atom is -0.103 e. The van der Waals surface area contributed by atoms with Crippen LogP contribution in [-0.4, -0.2) is 0 Å². The van der Waals surface area contributed by atoms with E-state index < -0.39 is 0 Å². The van der Waals surface area contributed by atoms with Crippen molar-refractivity contribution < 1.29 is 0 Å². The standard InChI is InChI=1S/C26H20.C23H22.C4H8/c1-4-10-22(11-5-1)23-18-16-21(17-19-23)20-26(24-12-6-2-7-13-24)25-14-8-3-9-15-25;1-2-9-19-14-16-20(17-15-19)18-23(21-10-5-3-6-11-21)22-12-7-4-8-13-22;1-3-4-2/h1-20H;3-8,10-18H,2,9H2,1H3;3H,1,4H2,2H3. The highest BCUT2D eigenvalue weighted by Crippen LogP contribution is 2.28. The molecule has 0 amide bonds. The van der Waals surface area contributed by atoms with Crippen LogP contribution < -0.4 is 0 Å². The largest absolute Gasteiger partial charge is 0.103 e. The summed E-state index contributed by atoms with van der Waals surface area (Å²) in [4.78, 5) is 0. The third-order valence-electron chi connectivity index (χ3n) is 8.79. The SMILES string of the molecule is C(=C(c1ccccc1)c1ccccc1)c1ccc(-c2ccccc2)cc1.C=CCC.CCCc1ccc(C=C(c2ccccc2)c2ccccc2)cc1. The van der Waals surface area contributed by atoms with Gasteiger partial charge >= 0.3 is 0 Å². The van der Waals surface area contributed by atoms with Gasteiger partial charge < -0.3 is 0 Å². The van der Waals surface area contributed by atoms with E-state index in [1.54, 1.807) is 0 Å². The van der Waals surface area contributed by atoms with Crippen molar-refractivity contribution in [2.75, 3.05) is 0 Å². The molecule has 0 N–H and O–H groups in total. The first kappa shape index (κ1) is 38.0. The van der Waals surface area contributed by atoms with Gasteiger partial charge in [-0.15, -0.1) is 6.58 Å². The van der Waals surface area contributed by atoms with Crippen molar-refractivity contribution in [2.45, 2.75) is 33.1 Å². The van der Waals surface area contributed by atoms with Gasteiger partial charge in [0.05, 0.1) is 0 Å². The van der Waals surface area contributed by atoms with Crippen molar-refractivity contribution in [3.63, 3.8) is 0 Å². The first-order valence-corrected chi connectivity index (χ1v) is 18.7. The Morgan fingerprint density at radius 2 is 0.698 bits per heavy atom. The third-order valence-corrected chi connectivity index (χ3v) is 8.79. The molecule has 0 nitrogen and oxygen atoms in total. The fraction of sp³-hybridized carbons (Fsp3) is 0.0943. The van der Waals surface area contributed by atoms with E-state index in [0.29, 0.717) is 0 Å². The van der Waals surface area contributed by atoms with E-state index in [9.17, 15) is 0 Å². The Kier molecular flexibility index (Phi) is 15.2. The number of rotatable bonds is 10. The first-order chi connectivity index (χ1) is 26.2. The van der Waals surface area contributed by atoms with Crippen LogP contribution in [0, 0.1) is 0 Å². The minimum atomic E-state index is 1.08. The highest BCUT2D eigenvalue weighted by Gasteiger charge is 2.06. The van der Waals surface area contributed by atoms with Crippen LogP contribution in [0.3, 0.4) is 0 Å². The van der Waals surface area contributed by atoms with Gasteiger partial charge in [-0.1, -0.05) is 227 Å².